The van der Waals surface area contributed by atoms with E-state index in [1.807, 2.05) is 0 Å². The molecule has 38 heavy (non-hydrogen) atoms. The van der Waals surface area contributed by atoms with Crippen LogP contribution in [-0.2, 0) is 21.7 Å². The van der Waals surface area contributed by atoms with Crippen molar-refractivity contribution >= 4 is 34.3 Å². The summed E-state index contributed by atoms with van der Waals surface area (Å²) in [5.74, 6) is -0.360. The van der Waals surface area contributed by atoms with Crippen molar-refractivity contribution in [3.8, 4) is 28.7 Å². The van der Waals surface area contributed by atoms with Crippen molar-refractivity contribution in [2.24, 2.45) is 0 Å². The number of methoxy groups -OCH3 is 3. The summed E-state index contributed by atoms with van der Waals surface area (Å²) in [4.78, 5) is 13.4. The summed E-state index contributed by atoms with van der Waals surface area (Å²) in [5.41, 5.74) is 3.38. The number of aliphatic hydroxyl groups is 1. The molecule has 0 radical (unpaired) electrons. The van der Waals surface area contributed by atoms with Gasteiger partial charge >= 0.3 is 5.97 Å². The van der Waals surface area contributed by atoms with E-state index in [4.69, 9.17) is 28.4 Å². The van der Waals surface area contributed by atoms with Crippen molar-refractivity contribution < 1.29 is 38.3 Å². The number of cyclic esters (lactones) is 1. The van der Waals surface area contributed by atoms with E-state index in [1.165, 1.54) is 21.3 Å². The molecular weight excluding hydrogens is 512 g/mol. The van der Waals surface area contributed by atoms with Crippen molar-refractivity contribution in [2.75, 3.05) is 28.1 Å². The average Bonchev–Trinajstić information content (AvgIpc) is 3.65. The molecule has 194 valence electrons. The third kappa shape index (κ3) is 3.78. The number of benzene rings is 3. The van der Waals surface area contributed by atoms with Gasteiger partial charge in [-0.25, -0.2) is 4.79 Å². The number of esters is 1. The summed E-state index contributed by atoms with van der Waals surface area (Å²) in [6.07, 6.45) is 0.121. The maximum absolute atomic E-state index is 13.4. The van der Waals surface area contributed by atoms with Crippen LogP contribution in [0.15, 0.2) is 54.1 Å². The van der Waals surface area contributed by atoms with Crippen molar-refractivity contribution in [3.05, 3.63) is 70.8 Å². The lowest BCUT2D eigenvalue weighted by molar-refractivity contribution is -0.185. The lowest BCUT2D eigenvalue weighted by atomic mass is 9.87. The molecule has 0 fully saturated rings. The molecule has 0 saturated carbocycles. The fourth-order valence-corrected chi connectivity index (χ4v) is 5.28. The predicted octanol–water partition coefficient (Wildman–Crippen LogP) is 3.84. The summed E-state index contributed by atoms with van der Waals surface area (Å²) >= 11 is 1.06. The summed E-state index contributed by atoms with van der Waals surface area (Å²) in [6.45, 7) is 0.0895. The lowest BCUT2D eigenvalue weighted by Gasteiger charge is -2.26. The highest BCUT2D eigenvalue weighted by atomic mass is 32.1. The number of rotatable bonds is 7. The Morgan fingerprint density at radius 2 is 1.66 bits per heavy atom. The standard InChI is InChI=1S/C27H22N2O8S/c1-32-22-9-14(10-23(33-2)25(22)34-3)8-17-24(15-4-7-20-21(11-15)36-13-35-20)26(30)37-27(17,31)16-5-6-18-19(12-16)29-38-28-18/h4-7,9-12,31H,8,13H2,1-3H3. The summed E-state index contributed by atoms with van der Waals surface area (Å²) in [6, 6.07) is 13.8. The van der Waals surface area contributed by atoms with Crippen molar-refractivity contribution in [2.45, 2.75) is 12.2 Å². The molecule has 3 aromatic carbocycles. The fraction of sp³-hybridized carbons (Fsp3) is 0.222. The Kier molecular flexibility index (Phi) is 5.81. The summed E-state index contributed by atoms with van der Waals surface area (Å²) < 4.78 is 41.7. The van der Waals surface area contributed by atoms with E-state index in [2.05, 4.69) is 8.75 Å². The van der Waals surface area contributed by atoms with Gasteiger partial charge in [-0.2, -0.15) is 8.75 Å². The minimum Gasteiger partial charge on any atom is -0.493 e. The molecule has 4 aromatic rings. The van der Waals surface area contributed by atoms with Gasteiger partial charge in [0, 0.05) is 17.6 Å². The molecule has 0 aliphatic carbocycles. The Balaban J connectivity index is 1.54. The first-order chi connectivity index (χ1) is 18.4. The largest absolute Gasteiger partial charge is 0.493 e. The first-order valence-corrected chi connectivity index (χ1v) is 12.3. The second-order valence-corrected chi connectivity index (χ2v) is 9.16. The van der Waals surface area contributed by atoms with Gasteiger partial charge in [0.15, 0.2) is 23.0 Å². The van der Waals surface area contributed by atoms with Crippen molar-refractivity contribution in [1.82, 2.24) is 8.75 Å². The topological polar surface area (TPSA) is 118 Å². The van der Waals surface area contributed by atoms with Crippen LogP contribution in [0.5, 0.6) is 28.7 Å². The molecule has 11 heteroatoms. The van der Waals surface area contributed by atoms with Crippen molar-refractivity contribution in [1.29, 1.82) is 0 Å². The minimum absolute atomic E-state index is 0.0895. The SMILES string of the molecule is COc1cc(CC2=C(c3ccc4c(c3)OCO4)C(=O)OC2(O)c2ccc3nsnc3c2)cc(OC)c1OC. The number of nitrogens with zero attached hydrogens (tertiary/aromatic N) is 2. The van der Waals surface area contributed by atoms with Gasteiger partial charge in [-0.15, -0.1) is 0 Å². The maximum atomic E-state index is 13.4. The number of carbonyl (C=O) groups is 1. The van der Waals surface area contributed by atoms with Gasteiger partial charge in [-0.3, -0.25) is 0 Å². The zero-order chi connectivity index (χ0) is 26.4. The average molecular weight is 535 g/mol. The van der Waals surface area contributed by atoms with Gasteiger partial charge in [-0.05, 0) is 53.6 Å². The van der Waals surface area contributed by atoms with Gasteiger partial charge in [0.2, 0.25) is 12.5 Å². The van der Waals surface area contributed by atoms with Gasteiger partial charge < -0.3 is 33.5 Å². The van der Waals surface area contributed by atoms with Crippen molar-refractivity contribution in [3.63, 3.8) is 0 Å². The van der Waals surface area contributed by atoms with Crippen LogP contribution in [0.25, 0.3) is 16.6 Å². The molecule has 0 spiro atoms. The highest BCUT2D eigenvalue weighted by Crippen LogP contribution is 2.48. The van der Waals surface area contributed by atoms with Gasteiger partial charge in [0.1, 0.15) is 11.0 Å². The number of hydrogen-bond acceptors (Lipinski definition) is 11. The third-order valence-electron chi connectivity index (χ3n) is 6.57. The highest BCUT2D eigenvalue weighted by molar-refractivity contribution is 7.00. The van der Waals surface area contributed by atoms with Gasteiger partial charge in [0.05, 0.1) is 38.6 Å². The van der Waals surface area contributed by atoms with Crippen LogP contribution in [0.4, 0.5) is 0 Å². The summed E-state index contributed by atoms with van der Waals surface area (Å²) in [7, 11) is 4.56. The molecule has 10 nitrogen and oxygen atoms in total. The number of hydrogen-bond donors (Lipinski definition) is 1. The smallest absolute Gasteiger partial charge is 0.342 e. The molecular formula is C27H22N2O8S. The quantitative estimate of drug-likeness (QED) is 0.350. The van der Waals surface area contributed by atoms with E-state index in [0.717, 1.165) is 11.7 Å². The van der Waals surface area contributed by atoms with Gasteiger partial charge in [0.25, 0.3) is 5.79 Å². The molecule has 3 heterocycles. The highest BCUT2D eigenvalue weighted by Gasteiger charge is 2.48. The van der Waals surface area contributed by atoms with Crippen LogP contribution in [0.2, 0.25) is 0 Å². The van der Waals surface area contributed by atoms with E-state index in [9.17, 15) is 9.90 Å². The molecule has 1 aromatic heterocycles. The van der Waals surface area contributed by atoms with Crippen LogP contribution in [-0.4, -0.2) is 47.9 Å². The molecule has 0 bridgehead atoms. The third-order valence-corrected chi connectivity index (χ3v) is 7.12. The summed E-state index contributed by atoms with van der Waals surface area (Å²) in [5, 5.41) is 12.0. The molecule has 0 saturated heterocycles. The van der Waals surface area contributed by atoms with Crippen LogP contribution in [0.1, 0.15) is 16.7 Å². The number of fused-ring (bicyclic) bond motifs is 2. The Labute approximate surface area is 221 Å². The maximum Gasteiger partial charge on any atom is 0.342 e. The van der Waals surface area contributed by atoms with Crippen LogP contribution in [0.3, 0.4) is 0 Å². The van der Waals surface area contributed by atoms with Crippen LogP contribution >= 0.6 is 11.7 Å². The van der Waals surface area contributed by atoms with E-state index in [0.29, 0.717) is 62.0 Å². The monoisotopic (exact) mass is 534 g/mol. The molecule has 0 amide bonds. The second kappa shape index (κ2) is 9.19. The van der Waals surface area contributed by atoms with E-state index >= 15 is 0 Å². The number of aromatic nitrogens is 2. The fourth-order valence-electron chi connectivity index (χ4n) is 4.76. The first-order valence-electron chi connectivity index (χ1n) is 11.6. The normalized spacial score (nSPS) is 18.2. The molecule has 6 rings (SSSR count). The van der Waals surface area contributed by atoms with Gasteiger partial charge in [-0.1, -0.05) is 6.07 Å². The Bertz CT molecular complexity index is 1590. The Morgan fingerprint density at radius 1 is 0.921 bits per heavy atom. The molecule has 2 aliphatic rings. The minimum atomic E-state index is -2.07. The molecule has 2 aliphatic heterocycles. The van der Waals surface area contributed by atoms with E-state index in [-0.39, 0.29) is 18.8 Å². The zero-order valence-electron chi connectivity index (χ0n) is 20.6. The Hall–Kier alpha value is -4.35. The van der Waals surface area contributed by atoms with E-state index < -0.39 is 11.8 Å². The second-order valence-electron chi connectivity index (χ2n) is 8.63. The predicted molar refractivity (Wildman–Crippen MR) is 137 cm³/mol. The van der Waals surface area contributed by atoms with Crippen LogP contribution in [0, 0.1) is 0 Å². The van der Waals surface area contributed by atoms with Crippen LogP contribution < -0.4 is 23.7 Å². The van der Waals surface area contributed by atoms with E-state index in [1.54, 1.807) is 48.5 Å². The zero-order valence-corrected chi connectivity index (χ0v) is 21.5. The molecule has 1 atom stereocenters. The molecule has 1 unspecified atom stereocenters. The number of carbonyl (C=O) groups excluding carboxylic acids is 1. The Morgan fingerprint density at radius 3 is 2.39 bits per heavy atom. The lowest BCUT2D eigenvalue weighted by Crippen LogP contribution is -2.29. The first kappa shape index (κ1) is 24.0. The molecule has 1 N–H and O–H groups in total. The number of ether oxygens (including phenoxy) is 6.